The average molecular weight is 277 g/mol. The predicted molar refractivity (Wildman–Crippen MR) is 85.0 cm³/mol. The Bertz CT molecular complexity index is 467. The third kappa shape index (κ3) is 6.45. The van der Waals surface area contributed by atoms with Gasteiger partial charge in [-0.05, 0) is 47.6 Å². The van der Waals surface area contributed by atoms with Crippen LogP contribution >= 0.6 is 0 Å². The van der Waals surface area contributed by atoms with Crippen molar-refractivity contribution in [1.82, 2.24) is 5.32 Å². The van der Waals surface area contributed by atoms with Crippen molar-refractivity contribution in [2.75, 3.05) is 0 Å². The van der Waals surface area contributed by atoms with Gasteiger partial charge in [0, 0.05) is 11.1 Å². The molecule has 0 atom stereocenters. The first-order valence-electron chi connectivity index (χ1n) is 6.92. The number of nitrogens with one attached hydrogen (secondary N) is 1. The van der Waals surface area contributed by atoms with Gasteiger partial charge in [-0.2, -0.15) is 0 Å². The van der Waals surface area contributed by atoms with Crippen LogP contribution in [-0.2, 0) is 6.54 Å². The average Bonchev–Trinajstić information content (AvgIpc) is 2.23. The first kappa shape index (κ1) is 16.3. The van der Waals surface area contributed by atoms with E-state index in [0.29, 0.717) is 12.5 Å². The number of benzene rings is 1. The standard InChI is InChI=1S/C16H27N3O/c1-15(2,3)19-14(17)18-11-12-9-7-8-10-13(12)20-16(4,5)6/h7-10H,11H2,1-6H3,(H3,17,18,19). The Morgan fingerprint density at radius 2 is 1.75 bits per heavy atom. The van der Waals surface area contributed by atoms with Gasteiger partial charge >= 0.3 is 0 Å². The molecule has 0 saturated heterocycles. The molecule has 20 heavy (non-hydrogen) atoms. The second-order valence-electron chi connectivity index (χ2n) is 6.90. The molecule has 0 fully saturated rings. The van der Waals surface area contributed by atoms with E-state index in [4.69, 9.17) is 10.5 Å². The molecule has 0 unspecified atom stereocenters. The molecule has 0 aliphatic carbocycles. The second-order valence-corrected chi connectivity index (χ2v) is 6.90. The Labute approximate surface area is 122 Å². The van der Waals surface area contributed by atoms with E-state index >= 15 is 0 Å². The lowest BCUT2D eigenvalue weighted by atomic mass is 10.1. The number of nitrogens with two attached hydrogens (primary N) is 1. The van der Waals surface area contributed by atoms with Crippen molar-refractivity contribution in [3.8, 4) is 5.75 Å². The predicted octanol–water partition coefficient (Wildman–Crippen LogP) is 3.07. The molecule has 112 valence electrons. The summed E-state index contributed by atoms with van der Waals surface area (Å²) in [7, 11) is 0. The van der Waals surface area contributed by atoms with Crippen LogP contribution in [0.15, 0.2) is 29.3 Å². The Morgan fingerprint density at radius 1 is 1.15 bits per heavy atom. The van der Waals surface area contributed by atoms with Crippen LogP contribution < -0.4 is 15.8 Å². The smallest absolute Gasteiger partial charge is 0.189 e. The highest BCUT2D eigenvalue weighted by atomic mass is 16.5. The zero-order valence-corrected chi connectivity index (χ0v) is 13.4. The quantitative estimate of drug-likeness (QED) is 0.659. The minimum Gasteiger partial charge on any atom is -0.488 e. The summed E-state index contributed by atoms with van der Waals surface area (Å²) in [6.45, 7) is 12.7. The Hall–Kier alpha value is -1.71. The molecule has 1 rings (SSSR count). The molecule has 0 spiro atoms. The Kier molecular flexibility index (Phi) is 5.03. The largest absolute Gasteiger partial charge is 0.488 e. The van der Waals surface area contributed by atoms with Gasteiger partial charge in [-0.3, -0.25) is 0 Å². The number of guanidine groups is 1. The SMILES string of the molecule is CC(C)(C)NC(N)=NCc1ccccc1OC(C)(C)C. The van der Waals surface area contributed by atoms with Gasteiger partial charge in [-0.25, -0.2) is 4.99 Å². The number of ether oxygens (including phenoxy) is 1. The third-order valence-electron chi connectivity index (χ3n) is 2.31. The van der Waals surface area contributed by atoms with Crippen molar-refractivity contribution < 1.29 is 4.74 Å². The molecule has 3 N–H and O–H groups in total. The summed E-state index contributed by atoms with van der Waals surface area (Å²) in [6.07, 6.45) is 0. The zero-order valence-electron chi connectivity index (χ0n) is 13.4. The van der Waals surface area contributed by atoms with Crippen LogP contribution in [0.2, 0.25) is 0 Å². The lowest BCUT2D eigenvalue weighted by Gasteiger charge is -2.23. The molecule has 0 aromatic heterocycles. The lowest BCUT2D eigenvalue weighted by Crippen LogP contribution is -2.44. The Balaban J connectivity index is 2.80. The maximum absolute atomic E-state index is 5.94. The number of rotatable bonds is 3. The van der Waals surface area contributed by atoms with Crippen molar-refractivity contribution in [3.63, 3.8) is 0 Å². The fourth-order valence-corrected chi connectivity index (χ4v) is 1.66. The fourth-order valence-electron chi connectivity index (χ4n) is 1.66. The van der Waals surface area contributed by atoms with Crippen molar-refractivity contribution in [3.05, 3.63) is 29.8 Å². The second kappa shape index (κ2) is 6.16. The first-order chi connectivity index (χ1) is 9.07. The van der Waals surface area contributed by atoms with Gasteiger partial charge in [0.2, 0.25) is 0 Å². The highest BCUT2D eigenvalue weighted by molar-refractivity contribution is 5.78. The van der Waals surface area contributed by atoms with Crippen molar-refractivity contribution in [2.24, 2.45) is 10.7 Å². The van der Waals surface area contributed by atoms with Crippen LogP contribution in [0, 0.1) is 0 Å². The van der Waals surface area contributed by atoms with Gasteiger partial charge in [-0.1, -0.05) is 18.2 Å². The monoisotopic (exact) mass is 277 g/mol. The van der Waals surface area contributed by atoms with E-state index < -0.39 is 0 Å². The highest BCUT2D eigenvalue weighted by Crippen LogP contribution is 2.23. The molecule has 4 nitrogen and oxygen atoms in total. The van der Waals surface area contributed by atoms with Crippen LogP contribution in [-0.4, -0.2) is 17.1 Å². The zero-order chi connectivity index (χ0) is 15.4. The molecular formula is C16H27N3O. The number of nitrogens with zero attached hydrogens (tertiary/aromatic N) is 1. The van der Waals surface area contributed by atoms with Gasteiger partial charge in [0.1, 0.15) is 11.4 Å². The maximum Gasteiger partial charge on any atom is 0.189 e. The van der Waals surface area contributed by atoms with Crippen molar-refractivity contribution in [1.29, 1.82) is 0 Å². The van der Waals surface area contributed by atoms with E-state index in [2.05, 4.69) is 10.3 Å². The summed E-state index contributed by atoms with van der Waals surface area (Å²) in [5, 5.41) is 3.14. The number of para-hydroxylation sites is 1. The summed E-state index contributed by atoms with van der Waals surface area (Å²) in [6, 6.07) is 7.91. The molecule has 0 heterocycles. The van der Waals surface area contributed by atoms with Crippen LogP contribution in [0.3, 0.4) is 0 Å². The van der Waals surface area contributed by atoms with E-state index in [1.165, 1.54) is 0 Å². The molecule has 0 saturated carbocycles. The van der Waals surface area contributed by atoms with E-state index in [9.17, 15) is 0 Å². The highest BCUT2D eigenvalue weighted by Gasteiger charge is 2.14. The van der Waals surface area contributed by atoms with E-state index in [1.54, 1.807) is 0 Å². The summed E-state index contributed by atoms with van der Waals surface area (Å²) in [5.74, 6) is 1.30. The van der Waals surface area contributed by atoms with Crippen molar-refractivity contribution >= 4 is 5.96 Å². The van der Waals surface area contributed by atoms with Crippen LogP contribution in [0.5, 0.6) is 5.75 Å². The molecule has 0 aliphatic rings. The summed E-state index contributed by atoms with van der Waals surface area (Å²) < 4.78 is 5.94. The number of hydrogen-bond acceptors (Lipinski definition) is 2. The van der Waals surface area contributed by atoms with Crippen LogP contribution in [0.1, 0.15) is 47.1 Å². The van der Waals surface area contributed by atoms with Gasteiger partial charge < -0.3 is 15.8 Å². The third-order valence-corrected chi connectivity index (χ3v) is 2.31. The summed E-state index contributed by atoms with van der Waals surface area (Å²) >= 11 is 0. The molecule has 0 bridgehead atoms. The van der Waals surface area contributed by atoms with Crippen LogP contribution in [0.4, 0.5) is 0 Å². The van der Waals surface area contributed by atoms with E-state index in [1.807, 2.05) is 65.8 Å². The topological polar surface area (TPSA) is 59.6 Å². The first-order valence-corrected chi connectivity index (χ1v) is 6.92. The summed E-state index contributed by atoms with van der Waals surface area (Å²) in [5.41, 5.74) is 6.60. The van der Waals surface area contributed by atoms with E-state index in [0.717, 1.165) is 11.3 Å². The molecule has 1 aromatic rings. The van der Waals surface area contributed by atoms with Gasteiger partial charge in [0.05, 0.1) is 6.54 Å². The molecule has 0 amide bonds. The lowest BCUT2D eigenvalue weighted by molar-refractivity contribution is 0.129. The van der Waals surface area contributed by atoms with Gasteiger partial charge in [-0.15, -0.1) is 0 Å². The molecule has 1 aromatic carbocycles. The molecule has 4 heteroatoms. The maximum atomic E-state index is 5.94. The fraction of sp³-hybridized carbons (Fsp3) is 0.562. The normalized spacial score (nSPS) is 13.2. The van der Waals surface area contributed by atoms with Gasteiger partial charge in [0.15, 0.2) is 5.96 Å². The minimum atomic E-state index is -0.227. The van der Waals surface area contributed by atoms with E-state index in [-0.39, 0.29) is 11.1 Å². The number of hydrogen-bond donors (Lipinski definition) is 2. The molecule has 0 radical (unpaired) electrons. The molecular weight excluding hydrogens is 250 g/mol. The number of aliphatic imine (C=N–C) groups is 1. The molecule has 0 aliphatic heterocycles. The Morgan fingerprint density at radius 3 is 2.30 bits per heavy atom. The van der Waals surface area contributed by atoms with Gasteiger partial charge in [0.25, 0.3) is 0 Å². The van der Waals surface area contributed by atoms with Crippen molar-refractivity contribution in [2.45, 2.75) is 59.2 Å². The minimum absolute atomic E-state index is 0.0883. The summed E-state index contributed by atoms with van der Waals surface area (Å²) in [4.78, 5) is 4.37. The van der Waals surface area contributed by atoms with Crippen LogP contribution in [0.25, 0.3) is 0 Å².